The van der Waals surface area contributed by atoms with Gasteiger partial charge in [0.25, 0.3) is 0 Å². The molecule has 1 fully saturated rings. The molecule has 1 aliphatic heterocycles. The van der Waals surface area contributed by atoms with Gasteiger partial charge >= 0.3 is 0 Å². The van der Waals surface area contributed by atoms with Crippen LogP contribution in [0.3, 0.4) is 0 Å². The van der Waals surface area contributed by atoms with Crippen molar-refractivity contribution in [3.8, 4) is 0 Å². The average Bonchev–Trinajstić information content (AvgIpc) is 3.06. The molecule has 0 spiro atoms. The number of hydrogen-bond donors (Lipinski definition) is 1. The van der Waals surface area contributed by atoms with E-state index in [0.717, 1.165) is 49.5 Å². The van der Waals surface area contributed by atoms with Crippen molar-refractivity contribution in [1.29, 1.82) is 0 Å². The summed E-state index contributed by atoms with van der Waals surface area (Å²) in [4.78, 5) is 18.2. The maximum Gasteiger partial charge on any atom is 0.248 e. The fourth-order valence-corrected chi connectivity index (χ4v) is 3.63. The summed E-state index contributed by atoms with van der Waals surface area (Å²) in [5.41, 5.74) is 8.63. The molecule has 1 aromatic heterocycles. The molecule has 0 bridgehead atoms. The average molecular weight is 370 g/mol. The van der Waals surface area contributed by atoms with E-state index in [4.69, 9.17) is 21.8 Å². The molecule has 0 aliphatic carbocycles. The number of nitrogens with zero attached hydrogens (tertiary/aromatic N) is 2. The van der Waals surface area contributed by atoms with Crippen molar-refractivity contribution in [2.75, 3.05) is 13.1 Å². The summed E-state index contributed by atoms with van der Waals surface area (Å²) in [6.45, 7) is 2.85. The highest BCUT2D eigenvalue weighted by atomic mass is 35.5. The Morgan fingerprint density at radius 2 is 1.92 bits per heavy atom. The molecule has 6 heteroatoms. The number of primary amides is 1. The number of nitrogens with two attached hydrogens (primary N) is 1. The second-order valence-electron chi connectivity index (χ2n) is 6.78. The number of fused-ring (bicyclic) bond motifs is 1. The zero-order valence-electron chi connectivity index (χ0n) is 14.3. The van der Waals surface area contributed by atoms with Crippen molar-refractivity contribution in [3.63, 3.8) is 0 Å². The van der Waals surface area contributed by atoms with E-state index in [-0.39, 0.29) is 0 Å². The molecule has 3 aromatic rings. The van der Waals surface area contributed by atoms with Crippen LogP contribution in [-0.4, -0.2) is 28.9 Å². The Morgan fingerprint density at radius 3 is 2.62 bits per heavy atom. The smallest absolute Gasteiger partial charge is 0.248 e. The lowest BCUT2D eigenvalue weighted by Crippen LogP contribution is -2.32. The summed E-state index contributed by atoms with van der Waals surface area (Å²) in [7, 11) is 0. The van der Waals surface area contributed by atoms with E-state index in [1.807, 2.05) is 30.3 Å². The minimum absolute atomic E-state index is 0.342. The van der Waals surface area contributed by atoms with Crippen molar-refractivity contribution in [3.05, 3.63) is 64.5 Å². The van der Waals surface area contributed by atoms with Gasteiger partial charge < -0.3 is 10.2 Å². The predicted molar refractivity (Wildman–Crippen MR) is 101 cm³/mol. The Morgan fingerprint density at radius 1 is 1.19 bits per heavy atom. The first-order chi connectivity index (χ1) is 12.6. The predicted octanol–water partition coefficient (Wildman–Crippen LogP) is 3.96. The largest absolute Gasteiger partial charge is 0.440 e. The van der Waals surface area contributed by atoms with Gasteiger partial charge in [0.1, 0.15) is 5.52 Å². The van der Waals surface area contributed by atoms with Gasteiger partial charge in [0.05, 0.1) is 0 Å². The number of hydrogen-bond acceptors (Lipinski definition) is 4. The van der Waals surface area contributed by atoms with Gasteiger partial charge in [0.2, 0.25) is 5.91 Å². The minimum Gasteiger partial charge on any atom is -0.440 e. The van der Waals surface area contributed by atoms with E-state index in [1.54, 1.807) is 12.1 Å². The Balaban J connectivity index is 1.38. The molecule has 2 aromatic carbocycles. The highest BCUT2D eigenvalue weighted by Gasteiger charge is 2.24. The van der Waals surface area contributed by atoms with Crippen LogP contribution in [0.4, 0.5) is 0 Å². The van der Waals surface area contributed by atoms with Crippen LogP contribution in [0.2, 0.25) is 5.02 Å². The van der Waals surface area contributed by atoms with Gasteiger partial charge in [-0.15, -0.1) is 0 Å². The summed E-state index contributed by atoms with van der Waals surface area (Å²) in [5.74, 6) is 0.763. The first kappa shape index (κ1) is 17.1. The second kappa shape index (κ2) is 7.09. The van der Waals surface area contributed by atoms with Gasteiger partial charge in [-0.2, -0.15) is 0 Å². The van der Waals surface area contributed by atoms with Crippen LogP contribution in [0.25, 0.3) is 11.1 Å². The summed E-state index contributed by atoms with van der Waals surface area (Å²) < 4.78 is 5.92. The Labute approximate surface area is 156 Å². The third-order valence-electron chi connectivity index (χ3n) is 4.95. The number of rotatable bonds is 4. The van der Waals surface area contributed by atoms with Crippen molar-refractivity contribution in [2.45, 2.75) is 25.3 Å². The number of halogens is 1. The van der Waals surface area contributed by atoms with Gasteiger partial charge in [-0.25, -0.2) is 4.98 Å². The number of amides is 1. The Bertz CT molecular complexity index is 928. The monoisotopic (exact) mass is 369 g/mol. The third-order valence-corrected chi connectivity index (χ3v) is 5.18. The summed E-state index contributed by atoms with van der Waals surface area (Å²) in [5, 5.41) is 0.675. The van der Waals surface area contributed by atoms with Gasteiger partial charge in [0.15, 0.2) is 11.5 Å². The van der Waals surface area contributed by atoms with E-state index in [1.165, 1.54) is 5.56 Å². The molecule has 134 valence electrons. The molecule has 0 unspecified atom stereocenters. The number of benzene rings is 2. The molecule has 0 saturated carbocycles. The van der Waals surface area contributed by atoms with Crippen LogP contribution in [0.15, 0.2) is 46.9 Å². The van der Waals surface area contributed by atoms with E-state index in [0.29, 0.717) is 16.5 Å². The third kappa shape index (κ3) is 3.59. The quantitative estimate of drug-likeness (QED) is 0.755. The molecular formula is C20H20ClN3O2. The standard InChI is InChI=1S/C20H20ClN3O2/c21-16-5-6-18-17(11-16)23-20(26-18)15-7-9-24(10-8-15)12-13-1-3-14(4-2-13)19(22)25/h1-6,11,15H,7-10,12H2,(H2,22,25). The molecule has 1 aliphatic rings. The zero-order valence-corrected chi connectivity index (χ0v) is 15.1. The Kier molecular flexibility index (Phi) is 4.66. The first-order valence-electron chi connectivity index (χ1n) is 8.75. The molecule has 5 nitrogen and oxygen atoms in total. The van der Waals surface area contributed by atoms with Crippen LogP contribution in [0, 0.1) is 0 Å². The molecule has 2 N–H and O–H groups in total. The second-order valence-corrected chi connectivity index (χ2v) is 7.21. The normalized spacial score (nSPS) is 16.2. The van der Waals surface area contributed by atoms with E-state index in [9.17, 15) is 4.79 Å². The van der Waals surface area contributed by atoms with E-state index < -0.39 is 5.91 Å². The fraction of sp³-hybridized carbons (Fsp3) is 0.300. The minimum atomic E-state index is -0.392. The van der Waals surface area contributed by atoms with Crippen LogP contribution in [-0.2, 0) is 6.54 Å². The number of piperidine rings is 1. The topological polar surface area (TPSA) is 72.4 Å². The van der Waals surface area contributed by atoms with Crippen LogP contribution >= 0.6 is 11.6 Å². The van der Waals surface area contributed by atoms with Crippen LogP contribution in [0.5, 0.6) is 0 Å². The molecule has 1 saturated heterocycles. The SMILES string of the molecule is NC(=O)c1ccc(CN2CCC(c3nc4cc(Cl)ccc4o3)CC2)cc1. The summed E-state index contributed by atoms with van der Waals surface area (Å²) in [6.07, 6.45) is 2.03. The number of carbonyl (C=O) groups excluding carboxylic acids is 1. The maximum absolute atomic E-state index is 11.1. The molecule has 2 heterocycles. The number of oxazole rings is 1. The van der Waals surface area contributed by atoms with Crippen molar-refractivity contribution in [1.82, 2.24) is 9.88 Å². The molecular weight excluding hydrogens is 350 g/mol. The number of carbonyl (C=O) groups is 1. The maximum atomic E-state index is 11.1. The van der Waals surface area contributed by atoms with Crippen molar-refractivity contribution in [2.24, 2.45) is 5.73 Å². The van der Waals surface area contributed by atoms with Gasteiger partial charge in [0, 0.05) is 23.0 Å². The molecule has 1 amide bonds. The number of aromatic nitrogens is 1. The lowest BCUT2D eigenvalue weighted by atomic mass is 9.96. The summed E-state index contributed by atoms with van der Waals surface area (Å²) in [6, 6.07) is 13.0. The Hall–Kier alpha value is -2.37. The van der Waals surface area contributed by atoms with E-state index in [2.05, 4.69) is 9.88 Å². The van der Waals surface area contributed by atoms with E-state index >= 15 is 0 Å². The lowest BCUT2D eigenvalue weighted by molar-refractivity contribution is 0.100. The lowest BCUT2D eigenvalue weighted by Gasteiger charge is -2.30. The van der Waals surface area contributed by atoms with Gasteiger partial charge in [-0.05, 0) is 61.8 Å². The zero-order chi connectivity index (χ0) is 18.1. The van der Waals surface area contributed by atoms with Crippen molar-refractivity contribution >= 4 is 28.6 Å². The molecule has 4 rings (SSSR count). The van der Waals surface area contributed by atoms with Crippen LogP contribution in [0.1, 0.15) is 40.6 Å². The molecule has 0 atom stereocenters. The molecule has 0 radical (unpaired) electrons. The van der Waals surface area contributed by atoms with Gasteiger partial charge in [-0.3, -0.25) is 9.69 Å². The molecule has 26 heavy (non-hydrogen) atoms. The van der Waals surface area contributed by atoms with Crippen molar-refractivity contribution < 1.29 is 9.21 Å². The van der Waals surface area contributed by atoms with Crippen LogP contribution < -0.4 is 5.73 Å². The first-order valence-corrected chi connectivity index (χ1v) is 9.13. The fourth-order valence-electron chi connectivity index (χ4n) is 3.46. The summed E-state index contributed by atoms with van der Waals surface area (Å²) >= 11 is 6.02. The highest BCUT2D eigenvalue weighted by molar-refractivity contribution is 6.31. The highest BCUT2D eigenvalue weighted by Crippen LogP contribution is 2.31. The van der Waals surface area contributed by atoms with Gasteiger partial charge in [-0.1, -0.05) is 23.7 Å². The number of likely N-dealkylation sites (tertiary alicyclic amines) is 1.